The van der Waals surface area contributed by atoms with Crippen molar-refractivity contribution in [1.82, 2.24) is 4.98 Å². The van der Waals surface area contributed by atoms with Crippen LogP contribution < -0.4 is 10.2 Å². The molecule has 0 saturated heterocycles. The van der Waals surface area contributed by atoms with E-state index in [9.17, 15) is 19.2 Å². The van der Waals surface area contributed by atoms with Crippen LogP contribution in [0.5, 0.6) is 0 Å². The van der Waals surface area contributed by atoms with Crippen molar-refractivity contribution in [3.63, 3.8) is 0 Å². The number of hydrogen-bond acceptors (Lipinski definition) is 4. The molecule has 0 aliphatic heterocycles. The van der Waals surface area contributed by atoms with Gasteiger partial charge in [-0.25, -0.2) is 9.37 Å². The second-order valence-electron chi connectivity index (χ2n) is 6.86. The molecule has 0 saturated carbocycles. The van der Waals surface area contributed by atoms with Gasteiger partial charge in [0, 0.05) is 24.9 Å². The van der Waals surface area contributed by atoms with Gasteiger partial charge in [-0.05, 0) is 48.4 Å². The van der Waals surface area contributed by atoms with Gasteiger partial charge in [-0.15, -0.1) is 0 Å². The zero-order chi connectivity index (χ0) is 22.5. The summed E-state index contributed by atoms with van der Waals surface area (Å²) in [4.78, 5) is 30.4. The van der Waals surface area contributed by atoms with Crippen LogP contribution in [0.1, 0.15) is 23.6 Å². The fourth-order valence-corrected chi connectivity index (χ4v) is 3.31. The largest absolute Gasteiger partial charge is 0.326 e. The number of aryl methyl sites for hydroxylation is 1. The number of aromatic nitrogens is 1. The first-order valence-electron chi connectivity index (χ1n) is 9.29. The quantitative estimate of drug-likeness (QED) is 0.615. The van der Waals surface area contributed by atoms with Gasteiger partial charge in [0.2, 0.25) is 11.8 Å². The second-order valence-corrected chi connectivity index (χ2v) is 7.24. The number of nitrogens with zero attached hydrogens (tertiary/aromatic N) is 3. The molecule has 156 valence electrons. The van der Waals surface area contributed by atoms with E-state index in [4.69, 9.17) is 11.6 Å². The molecule has 31 heavy (non-hydrogen) atoms. The van der Waals surface area contributed by atoms with Crippen LogP contribution >= 0.6 is 11.6 Å². The molecule has 0 radical (unpaired) electrons. The fourth-order valence-electron chi connectivity index (χ4n) is 3.11. The van der Waals surface area contributed by atoms with E-state index in [-0.39, 0.29) is 23.2 Å². The van der Waals surface area contributed by atoms with Crippen LogP contribution in [-0.4, -0.2) is 16.8 Å². The number of benzene rings is 2. The van der Waals surface area contributed by atoms with E-state index >= 15 is 0 Å². The van der Waals surface area contributed by atoms with Crippen molar-refractivity contribution in [2.75, 3.05) is 10.2 Å². The maximum Gasteiger partial charge on any atom is 0.229 e. The van der Waals surface area contributed by atoms with Crippen LogP contribution in [0.2, 0.25) is 5.02 Å². The highest BCUT2D eigenvalue weighted by molar-refractivity contribution is 6.31. The van der Waals surface area contributed by atoms with Crippen molar-refractivity contribution in [2.24, 2.45) is 0 Å². The van der Waals surface area contributed by atoms with Crippen LogP contribution in [0.3, 0.4) is 0 Å². The van der Waals surface area contributed by atoms with Gasteiger partial charge in [-0.1, -0.05) is 23.7 Å². The third-order valence-corrected chi connectivity index (χ3v) is 4.83. The molecule has 8 heteroatoms. The van der Waals surface area contributed by atoms with Gasteiger partial charge < -0.3 is 5.32 Å². The number of anilines is 3. The SMILES string of the molecule is CC(=O)N(c1cc(C)cc(C#N)c1)c1cc(NC(=O)Cc2cccc(F)c2Cl)ccn1. The van der Waals surface area contributed by atoms with Gasteiger partial charge in [0.1, 0.15) is 11.6 Å². The number of pyridine rings is 1. The topological polar surface area (TPSA) is 86.1 Å². The Kier molecular flexibility index (Phi) is 6.63. The molecule has 0 unspecified atom stereocenters. The Balaban J connectivity index is 1.86. The van der Waals surface area contributed by atoms with E-state index in [1.165, 1.54) is 30.2 Å². The van der Waals surface area contributed by atoms with Crippen LogP contribution in [0, 0.1) is 24.1 Å². The monoisotopic (exact) mass is 436 g/mol. The summed E-state index contributed by atoms with van der Waals surface area (Å²) < 4.78 is 13.6. The molecule has 1 heterocycles. The Labute approximate surface area is 183 Å². The van der Waals surface area contributed by atoms with Crippen molar-refractivity contribution in [3.05, 3.63) is 82.3 Å². The number of carbonyl (C=O) groups is 2. The Morgan fingerprint density at radius 3 is 2.71 bits per heavy atom. The molecular weight excluding hydrogens is 419 g/mol. The number of nitrogens with one attached hydrogen (secondary N) is 1. The highest BCUT2D eigenvalue weighted by atomic mass is 35.5. The summed E-state index contributed by atoms with van der Waals surface area (Å²) in [6.07, 6.45) is 1.34. The fraction of sp³-hybridized carbons (Fsp3) is 0.130. The summed E-state index contributed by atoms with van der Waals surface area (Å²) in [6.45, 7) is 3.21. The molecule has 1 aromatic heterocycles. The lowest BCUT2D eigenvalue weighted by molar-refractivity contribution is -0.116. The molecule has 0 atom stereocenters. The highest BCUT2D eigenvalue weighted by Gasteiger charge is 2.18. The lowest BCUT2D eigenvalue weighted by atomic mass is 10.1. The lowest BCUT2D eigenvalue weighted by Gasteiger charge is -2.21. The molecule has 0 aliphatic rings. The smallest absolute Gasteiger partial charge is 0.229 e. The first kappa shape index (κ1) is 21.9. The van der Waals surface area contributed by atoms with Gasteiger partial charge in [0.25, 0.3) is 0 Å². The molecule has 2 aromatic carbocycles. The standard InChI is InChI=1S/C23H18ClFN4O2/c1-14-8-16(13-26)10-19(9-14)29(15(2)30)21-12-18(6-7-27-21)28-22(31)11-17-4-3-5-20(25)23(17)24/h3-10,12H,11H2,1-2H3,(H,27,28,31). The Morgan fingerprint density at radius 2 is 2.00 bits per heavy atom. The number of amides is 2. The number of nitriles is 1. The number of halogens is 2. The van der Waals surface area contributed by atoms with Crippen LogP contribution in [0.15, 0.2) is 54.7 Å². The Morgan fingerprint density at radius 1 is 1.23 bits per heavy atom. The third kappa shape index (κ3) is 5.24. The molecule has 0 aliphatic carbocycles. The van der Waals surface area contributed by atoms with E-state index in [0.717, 1.165) is 5.56 Å². The van der Waals surface area contributed by atoms with E-state index in [2.05, 4.69) is 16.4 Å². The minimum Gasteiger partial charge on any atom is -0.326 e. The summed E-state index contributed by atoms with van der Waals surface area (Å²) in [6, 6.07) is 14.5. The molecule has 3 aromatic rings. The second kappa shape index (κ2) is 9.37. The maximum absolute atomic E-state index is 13.6. The minimum absolute atomic E-state index is 0.0939. The zero-order valence-corrected chi connectivity index (χ0v) is 17.6. The van der Waals surface area contributed by atoms with Gasteiger partial charge in [0.05, 0.1) is 28.8 Å². The van der Waals surface area contributed by atoms with Crippen molar-refractivity contribution in [1.29, 1.82) is 5.26 Å². The minimum atomic E-state index is -0.592. The molecule has 0 fully saturated rings. The van der Waals surface area contributed by atoms with E-state index in [1.807, 2.05) is 6.92 Å². The number of rotatable bonds is 5. The first-order valence-corrected chi connectivity index (χ1v) is 9.67. The van der Waals surface area contributed by atoms with Crippen molar-refractivity contribution >= 4 is 40.6 Å². The average Bonchev–Trinajstić information content (AvgIpc) is 2.71. The third-order valence-electron chi connectivity index (χ3n) is 4.41. The van der Waals surface area contributed by atoms with E-state index in [1.54, 1.807) is 36.4 Å². The predicted molar refractivity (Wildman–Crippen MR) is 117 cm³/mol. The van der Waals surface area contributed by atoms with Crippen molar-refractivity contribution < 1.29 is 14.0 Å². The summed E-state index contributed by atoms with van der Waals surface area (Å²) in [7, 11) is 0. The summed E-state index contributed by atoms with van der Waals surface area (Å²) in [5, 5.41) is 11.8. The zero-order valence-electron chi connectivity index (χ0n) is 16.8. The molecular formula is C23H18ClFN4O2. The molecule has 0 spiro atoms. The lowest BCUT2D eigenvalue weighted by Crippen LogP contribution is -2.24. The first-order chi connectivity index (χ1) is 14.8. The molecule has 3 rings (SSSR count). The van der Waals surface area contributed by atoms with E-state index < -0.39 is 11.7 Å². The molecule has 6 nitrogen and oxygen atoms in total. The maximum atomic E-state index is 13.6. The van der Waals surface area contributed by atoms with Crippen LogP contribution in [0.25, 0.3) is 0 Å². The number of hydrogen-bond donors (Lipinski definition) is 1. The molecule has 0 bridgehead atoms. The summed E-state index contributed by atoms with van der Waals surface area (Å²) in [5.41, 5.74) is 2.49. The van der Waals surface area contributed by atoms with Gasteiger partial charge in [0.15, 0.2) is 0 Å². The van der Waals surface area contributed by atoms with E-state index in [0.29, 0.717) is 22.5 Å². The normalized spacial score (nSPS) is 10.3. The number of carbonyl (C=O) groups excluding carboxylic acids is 2. The summed E-state index contributed by atoms with van der Waals surface area (Å²) >= 11 is 5.92. The summed E-state index contributed by atoms with van der Waals surface area (Å²) in [5.74, 6) is -1.02. The van der Waals surface area contributed by atoms with Gasteiger partial charge in [-0.2, -0.15) is 5.26 Å². The molecule has 2 amide bonds. The highest BCUT2D eigenvalue weighted by Crippen LogP contribution is 2.28. The van der Waals surface area contributed by atoms with Gasteiger partial charge in [-0.3, -0.25) is 14.5 Å². The molecule has 1 N–H and O–H groups in total. The average molecular weight is 437 g/mol. The Hall–Kier alpha value is -3.76. The van der Waals surface area contributed by atoms with Crippen LogP contribution in [0.4, 0.5) is 21.6 Å². The van der Waals surface area contributed by atoms with Gasteiger partial charge >= 0.3 is 0 Å². The van der Waals surface area contributed by atoms with Crippen molar-refractivity contribution in [2.45, 2.75) is 20.3 Å². The predicted octanol–water partition coefficient (Wildman–Crippen LogP) is 4.92. The Bertz CT molecular complexity index is 1210. The van der Waals surface area contributed by atoms with Crippen molar-refractivity contribution in [3.8, 4) is 6.07 Å². The van der Waals surface area contributed by atoms with Crippen LogP contribution in [-0.2, 0) is 16.0 Å².